The minimum atomic E-state index is -1.44. The van der Waals surface area contributed by atoms with Crippen LogP contribution in [0.15, 0.2) is 24.5 Å². The first kappa shape index (κ1) is 16.0. The van der Waals surface area contributed by atoms with E-state index in [1.54, 1.807) is 0 Å². The number of benzene rings is 1. The van der Waals surface area contributed by atoms with Gasteiger partial charge in [-0.3, -0.25) is 4.90 Å². The highest BCUT2D eigenvalue weighted by atomic mass is 16.3. The second-order valence-corrected chi connectivity index (χ2v) is 5.75. The van der Waals surface area contributed by atoms with Gasteiger partial charge in [0, 0.05) is 5.56 Å². The van der Waals surface area contributed by atoms with Crippen LogP contribution in [-0.4, -0.2) is 43.5 Å². The van der Waals surface area contributed by atoms with Gasteiger partial charge in [0.05, 0.1) is 18.0 Å². The van der Waals surface area contributed by atoms with Crippen LogP contribution in [0.2, 0.25) is 0 Å². The Kier molecular flexibility index (Phi) is 3.97. The Morgan fingerprint density at radius 2 is 2.21 bits per heavy atom. The fourth-order valence-corrected chi connectivity index (χ4v) is 2.37. The Balaban J connectivity index is 2.00. The van der Waals surface area contributed by atoms with Crippen molar-refractivity contribution in [3.63, 3.8) is 0 Å². The molecule has 2 unspecified atom stereocenters. The number of nitrogen functional groups attached to an aromatic ring is 1. The Morgan fingerprint density at radius 1 is 1.42 bits per heavy atom. The zero-order chi connectivity index (χ0) is 17.3. The third kappa shape index (κ3) is 3.08. The molecule has 24 heavy (non-hydrogen) atoms. The molecule has 0 saturated carbocycles. The van der Waals surface area contributed by atoms with Gasteiger partial charge in [-0.15, -0.1) is 0 Å². The first-order valence-electron chi connectivity index (χ1n) is 7.40. The number of anilines is 4. The molecule has 0 bridgehead atoms. The topological polar surface area (TPSA) is 120 Å². The molecule has 2 atom stereocenters. The number of nitrogens with one attached hydrogen (secondary N) is 1. The van der Waals surface area contributed by atoms with Crippen molar-refractivity contribution in [3.8, 4) is 11.8 Å². The van der Waals surface area contributed by atoms with E-state index in [9.17, 15) is 5.11 Å². The van der Waals surface area contributed by atoms with Crippen molar-refractivity contribution in [2.45, 2.75) is 25.6 Å². The van der Waals surface area contributed by atoms with Gasteiger partial charge in [-0.1, -0.05) is 11.8 Å². The van der Waals surface area contributed by atoms with E-state index in [4.69, 9.17) is 10.8 Å². The molecule has 2 aromatic rings. The van der Waals surface area contributed by atoms with Crippen molar-refractivity contribution < 1.29 is 10.2 Å². The molecule has 8 heteroatoms. The lowest BCUT2D eigenvalue weighted by Crippen LogP contribution is -2.30. The number of aliphatic hydroxyl groups is 2. The average Bonchev–Trinajstić information content (AvgIpc) is 2.88. The Hall–Kier alpha value is -2.89. The summed E-state index contributed by atoms with van der Waals surface area (Å²) in [5, 5.41) is 22.2. The number of hydrogen-bond acceptors (Lipinski definition) is 8. The molecule has 0 saturated heterocycles. The van der Waals surface area contributed by atoms with Crippen LogP contribution in [0.3, 0.4) is 0 Å². The van der Waals surface area contributed by atoms with Gasteiger partial charge < -0.3 is 21.3 Å². The second-order valence-electron chi connectivity index (χ2n) is 5.75. The molecule has 0 radical (unpaired) electrons. The number of rotatable bonds is 2. The van der Waals surface area contributed by atoms with Gasteiger partial charge in [-0.25, -0.2) is 9.97 Å². The molecular formula is C16H18N6O2. The summed E-state index contributed by atoms with van der Waals surface area (Å²) in [4.78, 5) is 14.0. The number of aromatic nitrogens is 3. The predicted octanol–water partition coefficient (Wildman–Crippen LogP) is 0.458. The molecule has 8 nitrogen and oxygen atoms in total. The summed E-state index contributed by atoms with van der Waals surface area (Å²) in [7, 11) is 0. The van der Waals surface area contributed by atoms with Crippen LogP contribution in [0.4, 0.5) is 23.3 Å². The first-order valence-corrected chi connectivity index (χ1v) is 7.40. The van der Waals surface area contributed by atoms with E-state index in [-0.39, 0.29) is 12.1 Å². The van der Waals surface area contributed by atoms with Crippen LogP contribution in [0.1, 0.15) is 19.4 Å². The van der Waals surface area contributed by atoms with Crippen LogP contribution >= 0.6 is 0 Å². The predicted molar refractivity (Wildman–Crippen MR) is 90.5 cm³/mol. The summed E-state index contributed by atoms with van der Waals surface area (Å²) in [6.45, 7) is 3.00. The standard InChI is InChI=1S/C16H18N6O2/c1-10-20-12-4-3-11(5-6-16(2,24)8-23)7-13(12)22(10)15-19-9-18-14(17)21-15/h3-4,7,9-10,20,23-24H,8H2,1-2H3,(H2,17,18,19,21). The molecular weight excluding hydrogens is 308 g/mol. The Morgan fingerprint density at radius 3 is 2.92 bits per heavy atom. The maximum atomic E-state index is 9.79. The Labute approximate surface area is 139 Å². The van der Waals surface area contributed by atoms with Crippen LogP contribution in [0.5, 0.6) is 0 Å². The van der Waals surface area contributed by atoms with Crippen LogP contribution in [0, 0.1) is 11.8 Å². The Bertz CT molecular complexity index is 827. The fraction of sp³-hybridized carbons (Fsp3) is 0.312. The third-order valence-corrected chi connectivity index (χ3v) is 3.59. The molecule has 2 heterocycles. The number of hydrogen-bond donors (Lipinski definition) is 4. The summed E-state index contributed by atoms with van der Waals surface area (Å²) in [5.41, 5.74) is 6.68. The summed E-state index contributed by atoms with van der Waals surface area (Å²) >= 11 is 0. The van der Waals surface area contributed by atoms with Crippen LogP contribution in [0.25, 0.3) is 0 Å². The number of nitrogens with two attached hydrogens (primary N) is 1. The smallest absolute Gasteiger partial charge is 0.236 e. The van der Waals surface area contributed by atoms with Gasteiger partial charge in [0.2, 0.25) is 11.9 Å². The summed E-state index contributed by atoms with van der Waals surface area (Å²) < 4.78 is 0. The fourth-order valence-electron chi connectivity index (χ4n) is 2.37. The zero-order valence-corrected chi connectivity index (χ0v) is 13.4. The van der Waals surface area contributed by atoms with Crippen molar-refractivity contribution in [1.82, 2.24) is 15.0 Å². The molecule has 3 rings (SSSR count). The second kappa shape index (κ2) is 5.96. The molecule has 1 aliphatic rings. The molecule has 1 aromatic carbocycles. The molecule has 0 spiro atoms. The van der Waals surface area contributed by atoms with E-state index >= 15 is 0 Å². The highest BCUT2D eigenvalue weighted by Gasteiger charge is 2.29. The monoisotopic (exact) mass is 326 g/mol. The van der Waals surface area contributed by atoms with Gasteiger partial charge >= 0.3 is 0 Å². The average molecular weight is 326 g/mol. The number of aliphatic hydroxyl groups excluding tert-OH is 1. The molecule has 124 valence electrons. The minimum Gasteiger partial charge on any atom is -0.392 e. The molecule has 1 aromatic heterocycles. The van der Waals surface area contributed by atoms with E-state index in [2.05, 4.69) is 32.1 Å². The maximum Gasteiger partial charge on any atom is 0.236 e. The van der Waals surface area contributed by atoms with Gasteiger partial charge in [-0.05, 0) is 32.0 Å². The van der Waals surface area contributed by atoms with Crippen LogP contribution < -0.4 is 16.0 Å². The summed E-state index contributed by atoms with van der Waals surface area (Å²) in [6, 6.07) is 5.60. The van der Waals surface area contributed by atoms with Gasteiger partial charge in [0.25, 0.3) is 0 Å². The lowest BCUT2D eigenvalue weighted by molar-refractivity contribution is 0.0519. The zero-order valence-electron chi connectivity index (χ0n) is 13.4. The number of fused-ring (bicyclic) bond motifs is 1. The SMILES string of the molecule is CC1Nc2ccc(C#CC(C)(O)CO)cc2N1c1ncnc(N)n1. The van der Waals surface area contributed by atoms with Crippen molar-refractivity contribution in [2.24, 2.45) is 0 Å². The maximum absolute atomic E-state index is 9.79. The van der Waals surface area contributed by atoms with Gasteiger partial charge in [-0.2, -0.15) is 4.98 Å². The molecule has 1 aliphatic heterocycles. The minimum absolute atomic E-state index is 0.0643. The van der Waals surface area contributed by atoms with Crippen molar-refractivity contribution in [3.05, 3.63) is 30.1 Å². The lowest BCUT2D eigenvalue weighted by Gasteiger charge is -2.21. The molecule has 0 fully saturated rings. The quantitative estimate of drug-likeness (QED) is 0.587. The lowest BCUT2D eigenvalue weighted by atomic mass is 10.1. The van der Waals surface area contributed by atoms with Crippen molar-refractivity contribution >= 4 is 23.3 Å². The van der Waals surface area contributed by atoms with E-state index in [0.29, 0.717) is 11.5 Å². The van der Waals surface area contributed by atoms with E-state index in [1.165, 1.54) is 13.3 Å². The summed E-state index contributed by atoms with van der Waals surface area (Å²) in [5.74, 6) is 6.11. The highest BCUT2D eigenvalue weighted by Crippen LogP contribution is 2.38. The van der Waals surface area contributed by atoms with Crippen molar-refractivity contribution in [1.29, 1.82) is 0 Å². The van der Waals surface area contributed by atoms with Gasteiger partial charge in [0.1, 0.15) is 18.1 Å². The molecule has 5 N–H and O–H groups in total. The van der Waals surface area contributed by atoms with E-state index in [0.717, 1.165) is 11.4 Å². The first-order chi connectivity index (χ1) is 11.4. The molecule has 0 aliphatic carbocycles. The normalized spacial score (nSPS) is 18.2. The third-order valence-electron chi connectivity index (χ3n) is 3.59. The molecule has 0 amide bonds. The van der Waals surface area contributed by atoms with E-state index < -0.39 is 12.2 Å². The van der Waals surface area contributed by atoms with Crippen LogP contribution in [-0.2, 0) is 0 Å². The summed E-state index contributed by atoms with van der Waals surface area (Å²) in [6.07, 6.45) is 1.30. The van der Waals surface area contributed by atoms with E-state index in [1.807, 2.05) is 30.0 Å². The van der Waals surface area contributed by atoms with Crippen molar-refractivity contribution in [2.75, 3.05) is 22.6 Å². The highest BCUT2D eigenvalue weighted by molar-refractivity contribution is 5.81. The number of nitrogens with zero attached hydrogens (tertiary/aromatic N) is 4. The van der Waals surface area contributed by atoms with Gasteiger partial charge in [0.15, 0.2) is 0 Å². The largest absolute Gasteiger partial charge is 0.392 e.